The van der Waals surface area contributed by atoms with Gasteiger partial charge in [0, 0.05) is 17.4 Å². The maximum Gasteiger partial charge on any atom is 0.322 e. The average Bonchev–Trinajstić information content (AvgIpc) is 3.50. The number of carbonyl (C=O) groups excluding carboxylic acids is 1. The summed E-state index contributed by atoms with van der Waals surface area (Å²) in [6.45, 7) is 4.38. The van der Waals surface area contributed by atoms with Crippen molar-refractivity contribution in [3.63, 3.8) is 0 Å². The minimum Gasteiger partial charge on any atom is -0.497 e. The molecule has 1 aliphatic heterocycles. The number of aromatic nitrogens is 3. The molecule has 5 aromatic rings. The van der Waals surface area contributed by atoms with E-state index in [2.05, 4.69) is 16.0 Å². The number of nitrogens with one attached hydrogen (secondary N) is 1. The lowest BCUT2D eigenvalue weighted by Crippen LogP contribution is -2.38. The van der Waals surface area contributed by atoms with Gasteiger partial charge in [-0.05, 0) is 67.4 Å². The number of nitrogens with zero attached hydrogens (tertiary/aromatic N) is 4. The second-order valence-corrected chi connectivity index (χ2v) is 9.49. The number of fused-ring (bicyclic) bond motifs is 3. The van der Waals surface area contributed by atoms with E-state index in [1.165, 1.54) is 0 Å². The number of urea groups is 1. The normalized spacial score (nSPS) is 14.4. The van der Waals surface area contributed by atoms with Crippen LogP contribution in [0.5, 0.6) is 5.75 Å². The van der Waals surface area contributed by atoms with Gasteiger partial charge in [-0.2, -0.15) is 5.10 Å². The smallest absolute Gasteiger partial charge is 0.322 e. The summed E-state index contributed by atoms with van der Waals surface area (Å²) < 4.78 is 9.69. The van der Waals surface area contributed by atoms with Gasteiger partial charge in [-0.1, -0.05) is 48.5 Å². The fourth-order valence-corrected chi connectivity index (χ4v) is 5.21. The number of amides is 2. The molecule has 1 atom stereocenters. The molecule has 7 heteroatoms. The zero-order valence-electron chi connectivity index (χ0n) is 21.6. The van der Waals surface area contributed by atoms with Crippen molar-refractivity contribution in [3.05, 3.63) is 125 Å². The van der Waals surface area contributed by atoms with Gasteiger partial charge in [0.25, 0.3) is 0 Å². The summed E-state index contributed by atoms with van der Waals surface area (Å²) in [5.41, 5.74) is 6.57. The Bertz CT molecular complexity index is 1620. The molecule has 0 fully saturated rings. The van der Waals surface area contributed by atoms with Crippen molar-refractivity contribution in [1.29, 1.82) is 0 Å². The molecule has 2 amide bonds. The van der Waals surface area contributed by atoms with Crippen molar-refractivity contribution in [3.8, 4) is 17.3 Å². The van der Waals surface area contributed by atoms with Crippen LogP contribution in [0.3, 0.4) is 0 Å². The number of aryl methyl sites for hydroxylation is 2. The maximum absolute atomic E-state index is 14.1. The largest absolute Gasteiger partial charge is 0.497 e. The average molecular weight is 504 g/mol. The number of methoxy groups -OCH3 is 1. The highest BCUT2D eigenvalue weighted by Gasteiger charge is 2.36. The number of rotatable bonds is 4. The molecule has 0 radical (unpaired) electrons. The second-order valence-electron chi connectivity index (χ2n) is 9.49. The van der Waals surface area contributed by atoms with Gasteiger partial charge in [-0.25, -0.2) is 9.48 Å². The first-order valence-electron chi connectivity index (χ1n) is 12.6. The predicted molar refractivity (Wildman–Crippen MR) is 148 cm³/mol. The van der Waals surface area contributed by atoms with Crippen LogP contribution in [0.2, 0.25) is 0 Å². The highest BCUT2D eigenvalue weighted by molar-refractivity contribution is 5.91. The van der Waals surface area contributed by atoms with Crippen molar-refractivity contribution in [2.24, 2.45) is 0 Å². The Labute approximate surface area is 221 Å². The number of carbonyl (C=O) groups is 1. The number of ether oxygens (including phenoxy) is 1. The molecule has 3 heterocycles. The highest BCUT2D eigenvalue weighted by atomic mass is 16.5. The molecule has 0 unspecified atom stereocenters. The minimum atomic E-state index is -0.361. The van der Waals surface area contributed by atoms with E-state index in [1.807, 2.05) is 115 Å². The molecule has 1 N–H and O–H groups in total. The summed E-state index contributed by atoms with van der Waals surface area (Å²) in [7, 11) is 1.66. The Morgan fingerprint density at radius 2 is 1.74 bits per heavy atom. The van der Waals surface area contributed by atoms with Crippen LogP contribution in [-0.4, -0.2) is 32.4 Å². The van der Waals surface area contributed by atoms with E-state index in [0.29, 0.717) is 6.54 Å². The summed E-state index contributed by atoms with van der Waals surface area (Å²) in [5, 5.41) is 8.08. The fourth-order valence-electron chi connectivity index (χ4n) is 5.21. The number of hydrogen-bond donors (Lipinski definition) is 1. The molecule has 0 spiro atoms. The molecule has 0 saturated heterocycles. The Kier molecular flexibility index (Phi) is 5.96. The van der Waals surface area contributed by atoms with Crippen LogP contribution in [0.15, 0.2) is 97.2 Å². The Balaban J connectivity index is 1.55. The number of para-hydroxylation sites is 2. The molecule has 0 saturated carbocycles. The first-order chi connectivity index (χ1) is 18.5. The molecule has 0 bridgehead atoms. The zero-order valence-corrected chi connectivity index (χ0v) is 21.6. The lowest BCUT2D eigenvalue weighted by Gasteiger charge is -2.31. The SMILES string of the molecule is COc1cccc([C@@H]2c3cccn3-c3c(c(C)nn3-c3ccccc3)CN2C(=O)Nc2ccccc2C)c1. The van der Waals surface area contributed by atoms with E-state index in [0.717, 1.165) is 51.0 Å². The molecular formula is C31H29N5O2. The second kappa shape index (κ2) is 9.59. The van der Waals surface area contributed by atoms with E-state index in [9.17, 15) is 4.79 Å². The van der Waals surface area contributed by atoms with E-state index < -0.39 is 0 Å². The summed E-state index contributed by atoms with van der Waals surface area (Å²) in [4.78, 5) is 16.0. The third kappa shape index (κ3) is 4.02. The van der Waals surface area contributed by atoms with E-state index in [-0.39, 0.29) is 12.1 Å². The van der Waals surface area contributed by atoms with Crippen molar-refractivity contribution >= 4 is 11.7 Å². The third-order valence-electron chi connectivity index (χ3n) is 7.14. The predicted octanol–water partition coefficient (Wildman–Crippen LogP) is 6.43. The van der Waals surface area contributed by atoms with Crippen molar-refractivity contribution in [1.82, 2.24) is 19.2 Å². The van der Waals surface area contributed by atoms with Crippen LogP contribution >= 0.6 is 0 Å². The maximum atomic E-state index is 14.1. The summed E-state index contributed by atoms with van der Waals surface area (Å²) >= 11 is 0. The Morgan fingerprint density at radius 1 is 0.947 bits per heavy atom. The number of benzene rings is 3. The number of hydrogen-bond acceptors (Lipinski definition) is 3. The summed E-state index contributed by atoms with van der Waals surface area (Å²) in [6.07, 6.45) is 2.05. The number of anilines is 1. The van der Waals surface area contributed by atoms with Crippen molar-refractivity contribution in [2.45, 2.75) is 26.4 Å². The van der Waals surface area contributed by atoms with Gasteiger partial charge < -0.3 is 19.5 Å². The standard InChI is InChI=1S/C31H29N5O2/c1-21-11-7-8-16-27(21)32-31(37)35-20-26-22(2)33-36(24-13-5-4-6-14-24)30(26)34-18-10-17-28(34)29(35)23-12-9-15-25(19-23)38-3/h4-19,29H,20H2,1-3H3,(H,32,37)/t29-/m1/s1. The molecule has 6 rings (SSSR count). The molecule has 190 valence electrons. The quantitative estimate of drug-likeness (QED) is 0.308. The van der Waals surface area contributed by atoms with Crippen LogP contribution in [0.4, 0.5) is 10.5 Å². The van der Waals surface area contributed by atoms with Crippen molar-refractivity contribution < 1.29 is 9.53 Å². The van der Waals surface area contributed by atoms with Gasteiger partial charge in [0.1, 0.15) is 11.6 Å². The van der Waals surface area contributed by atoms with Crippen LogP contribution in [0, 0.1) is 13.8 Å². The van der Waals surface area contributed by atoms with Crippen LogP contribution in [-0.2, 0) is 6.54 Å². The molecular weight excluding hydrogens is 474 g/mol. The van der Waals surface area contributed by atoms with Crippen LogP contribution in [0.25, 0.3) is 11.5 Å². The molecule has 38 heavy (non-hydrogen) atoms. The highest BCUT2D eigenvalue weighted by Crippen LogP contribution is 2.39. The van der Waals surface area contributed by atoms with Gasteiger partial charge in [0.05, 0.1) is 36.8 Å². The lowest BCUT2D eigenvalue weighted by atomic mass is 10.0. The summed E-state index contributed by atoms with van der Waals surface area (Å²) in [6, 6.07) is 29.4. The monoisotopic (exact) mass is 503 g/mol. The van der Waals surface area contributed by atoms with E-state index >= 15 is 0 Å². The molecule has 1 aliphatic rings. The van der Waals surface area contributed by atoms with Gasteiger partial charge in [0.2, 0.25) is 0 Å². The minimum absolute atomic E-state index is 0.181. The Morgan fingerprint density at radius 3 is 2.53 bits per heavy atom. The fraction of sp³-hybridized carbons (Fsp3) is 0.161. The topological polar surface area (TPSA) is 64.3 Å². The van der Waals surface area contributed by atoms with E-state index in [1.54, 1.807) is 7.11 Å². The van der Waals surface area contributed by atoms with Gasteiger partial charge in [-0.15, -0.1) is 0 Å². The molecule has 7 nitrogen and oxygen atoms in total. The molecule has 3 aromatic carbocycles. The van der Waals surface area contributed by atoms with Crippen LogP contribution < -0.4 is 10.1 Å². The molecule has 0 aliphatic carbocycles. The third-order valence-corrected chi connectivity index (χ3v) is 7.14. The van der Waals surface area contributed by atoms with E-state index in [4.69, 9.17) is 9.84 Å². The lowest BCUT2D eigenvalue weighted by molar-refractivity contribution is 0.194. The Hall–Kier alpha value is -4.78. The molecule has 2 aromatic heterocycles. The first kappa shape index (κ1) is 23.6. The van der Waals surface area contributed by atoms with Gasteiger partial charge in [-0.3, -0.25) is 0 Å². The van der Waals surface area contributed by atoms with Gasteiger partial charge in [0.15, 0.2) is 0 Å². The first-order valence-corrected chi connectivity index (χ1v) is 12.6. The zero-order chi connectivity index (χ0) is 26.2. The van der Waals surface area contributed by atoms with Gasteiger partial charge >= 0.3 is 6.03 Å². The van der Waals surface area contributed by atoms with Crippen molar-refractivity contribution in [2.75, 3.05) is 12.4 Å². The summed E-state index contributed by atoms with van der Waals surface area (Å²) in [5.74, 6) is 1.68. The van der Waals surface area contributed by atoms with Crippen LogP contribution in [0.1, 0.15) is 34.1 Å².